The lowest BCUT2D eigenvalue weighted by Crippen LogP contribution is -2.36. The minimum Gasteiger partial charge on any atom is -0.444 e. The fourth-order valence-corrected chi connectivity index (χ4v) is 7.72. The van der Waals surface area contributed by atoms with Crippen LogP contribution in [0.15, 0.2) is 48.5 Å². The maximum atomic E-state index is 13.0. The number of hydrogen-bond acceptors (Lipinski definition) is 6. The van der Waals surface area contributed by atoms with Crippen molar-refractivity contribution in [1.29, 1.82) is 0 Å². The molecule has 10 heteroatoms. The summed E-state index contributed by atoms with van der Waals surface area (Å²) in [5.74, 6) is 2.68. The van der Waals surface area contributed by atoms with Crippen molar-refractivity contribution in [2.24, 2.45) is 0 Å². The first-order chi connectivity index (χ1) is 24.8. The summed E-state index contributed by atoms with van der Waals surface area (Å²) in [6, 6.07) is 17.1. The van der Waals surface area contributed by atoms with Crippen molar-refractivity contribution in [1.82, 2.24) is 29.7 Å². The normalized spacial score (nSPS) is 20.8. The Morgan fingerprint density at radius 2 is 0.923 bits per heavy atom. The Balaban J connectivity index is 1.01. The summed E-state index contributed by atoms with van der Waals surface area (Å²) in [5, 5.41) is 0. The Bertz CT molecular complexity index is 1800. The number of nitrogens with one attached hydrogen (secondary N) is 2. The zero-order valence-electron chi connectivity index (χ0n) is 31.4. The van der Waals surface area contributed by atoms with Gasteiger partial charge in [0.05, 0.1) is 23.5 Å². The highest BCUT2D eigenvalue weighted by Gasteiger charge is 2.39. The molecule has 4 fully saturated rings. The fraction of sp³-hybridized carbons (Fsp3) is 0.524. The summed E-state index contributed by atoms with van der Waals surface area (Å²) in [5.41, 5.74) is 7.70. The molecule has 2 saturated carbocycles. The topological polar surface area (TPSA) is 116 Å². The van der Waals surface area contributed by atoms with E-state index in [-0.39, 0.29) is 24.3 Å². The molecule has 2 saturated heterocycles. The standard InChI is InChI=1S/C42H52N6O4/c1-41(2,3)51-39(49)47-23-7-9-31(47)37-43-33(35(45-37)29-19-20-29)27-15-11-25(12-16-27)26-13-17-28(18-14-26)34-36(30-21-22-30)46-38(44-34)32-10-8-24-48(32)40(50)52-42(4,5)6/h11-18,29-32H,7-10,19-24H2,1-6H3,(H,43,45)(H,44,46). The van der Waals surface area contributed by atoms with Crippen LogP contribution in [0.4, 0.5) is 9.59 Å². The van der Waals surface area contributed by atoms with E-state index in [9.17, 15) is 9.59 Å². The first kappa shape index (κ1) is 34.5. The lowest BCUT2D eigenvalue weighted by Gasteiger charge is -2.27. The number of amides is 2. The van der Waals surface area contributed by atoms with Crippen LogP contribution in [-0.4, -0.2) is 66.2 Å². The second-order valence-electron chi connectivity index (χ2n) is 17.1. The van der Waals surface area contributed by atoms with Crippen LogP contribution in [0.2, 0.25) is 0 Å². The molecule has 2 unspecified atom stereocenters. The first-order valence-corrected chi connectivity index (χ1v) is 19.2. The monoisotopic (exact) mass is 704 g/mol. The number of imidazole rings is 2. The van der Waals surface area contributed by atoms with Crippen molar-refractivity contribution >= 4 is 12.2 Å². The van der Waals surface area contributed by atoms with Crippen LogP contribution in [-0.2, 0) is 9.47 Å². The number of nitrogens with zero attached hydrogens (tertiary/aromatic N) is 4. The molecule has 2 atom stereocenters. The van der Waals surface area contributed by atoms with E-state index in [4.69, 9.17) is 19.4 Å². The molecule has 10 nitrogen and oxygen atoms in total. The molecule has 2 aliphatic carbocycles. The van der Waals surface area contributed by atoms with Crippen LogP contribution >= 0.6 is 0 Å². The number of hydrogen-bond donors (Lipinski definition) is 2. The molecule has 4 aliphatic rings. The van der Waals surface area contributed by atoms with E-state index in [0.717, 1.165) is 96.7 Å². The summed E-state index contributed by atoms with van der Waals surface area (Å²) < 4.78 is 11.5. The zero-order chi connectivity index (χ0) is 36.4. The van der Waals surface area contributed by atoms with E-state index in [1.807, 2.05) is 51.3 Å². The second-order valence-corrected chi connectivity index (χ2v) is 17.1. The van der Waals surface area contributed by atoms with Crippen molar-refractivity contribution in [2.45, 2.75) is 128 Å². The largest absolute Gasteiger partial charge is 0.444 e. The lowest BCUT2D eigenvalue weighted by molar-refractivity contribution is 0.0208. The van der Waals surface area contributed by atoms with Gasteiger partial charge >= 0.3 is 12.2 Å². The van der Waals surface area contributed by atoms with E-state index in [0.29, 0.717) is 24.9 Å². The Labute approximate surface area is 306 Å². The maximum Gasteiger partial charge on any atom is 0.410 e. The van der Waals surface area contributed by atoms with Crippen molar-refractivity contribution in [3.63, 3.8) is 0 Å². The average molecular weight is 705 g/mol. The molecule has 0 spiro atoms. The molecular formula is C42H52N6O4. The molecule has 2 amide bonds. The van der Waals surface area contributed by atoms with E-state index < -0.39 is 11.2 Å². The van der Waals surface area contributed by atoms with Gasteiger partial charge in [0.1, 0.15) is 22.9 Å². The first-order valence-electron chi connectivity index (χ1n) is 19.2. The average Bonchev–Trinajstić information content (AvgIpc) is 3.86. The molecule has 4 heterocycles. The molecular weight excluding hydrogens is 652 g/mol. The van der Waals surface area contributed by atoms with Gasteiger partial charge in [-0.1, -0.05) is 48.5 Å². The molecule has 8 rings (SSSR count). The van der Waals surface area contributed by atoms with Gasteiger partial charge < -0.3 is 19.4 Å². The van der Waals surface area contributed by atoms with Crippen LogP contribution in [0.1, 0.15) is 140 Å². The number of aromatic amines is 2. The third-order valence-corrected chi connectivity index (χ3v) is 10.5. The van der Waals surface area contributed by atoms with Gasteiger partial charge in [0, 0.05) is 47.4 Å². The number of rotatable bonds is 7. The van der Waals surface area contributed by atoms with Crippen LogP contribution < -0.4 is 0 Å². The minimum atomic E-state index is -0.538. The predicted molar refractivity (Wildman–Crippen MR) is 201 cm³/mol. The van der Waals surface area contributed by atoms with Gasteiger partial charge in [0.25, 0.3) is 0 Å². The van der Waals surface area contributed by atoms with E-state index in [2.05, 4.69) is 58.5 Å². The third-order valence-electron chi connectivity index (χ3n) is 10.5. The lowest BCUT2D eigenvalue weighted by atomic mass is 9.99. The maximum absolute atomic E-state index is 13.0. The van der Waals surface area contributed by atoms with Crippen LogP contribution in [0, 0.1) is 0 Å². The quantitative estimate of drug-likeness (QED) is 0.198. The summed E-state index contributed by atoms with van der Waals surface area (Å²) in [6.07, 6.45) is 7.69. The van der Waals surface area contributed by atoms with Gasteiger partial charge in [-0.3, -0.25) is 9.80 Å². The summed E-state index contributed by atoms with van der Waals surface area (Å²) in [6.45, 7) is 12.8. The summed E-state index contributed by atoms with van der Waals surface area (Å²) in [7, 11) is 0. The predicted octanol–water partition coefficient (Wildman–Crippen LogP) is 10.0. The minimum absolute atomic E-state index is 0.105. The number of likely N-dealkylation sites (tertiary alicyclic amines) is 2. The van der Waals surface area contributed by atoms with Gasteiger partial charge in [0.15, 0.2) is 0 Å². The van der Waals surface area contributed by atoms with Gasteiger partial charge in [-0.2, -0.15) is 0 Å². The highest BCUT2D eigenvalue weighted by atomic mass is 16.6. The fourth-order valence-electron chi connectivity index (χ4n) is 7.72. The van der Waals surface area contributed by atoms with Crippen molar-refractivity contribution in [2.75, 3.05) is 13.1 Å². The van der Waals surface area contributed by atoms with Crippen LogP contribution in [0.5, 0.6) is 0 Å². The van der Waals surface area contributed by atoms with Crippen molar-refractivity contribution in [3.8, 4) is 33.6 Å². The van der Waals surface area contributed by atoms with E-state index >= 15 is 0 Å². The number of carbonyl (C=O) groups is 2. The smallest absolute Gasteiger partial charge is 0.410 e. The molecule has 0 radical (unpaired) electrons. The molecule has 4 aromatic rings. The highest BCUT2D eigenvalue weighted by Crippen LogP contribution is 2.46. The molecule has 2 N–H and O–H groups in total. The van der Waals surface area contributed by atoms with Gasteiger partial charge in [-0.25, -0.2) is 19.6 Å². The molecule has 274 valence electrons. The second kappa shape index (κ2) is 13.1. The Morgan fingerprint density at radius 1 is 0.577 bits per heavy atom. The number of benzene rings is 2. The molecule has 0 bridgehead atoms. The van der Waals surface area contributed by atoms with E-state index in [1.54, 1.807) is 0 Å². The summed E-state index contributed by atoms with van der Waals surface area (Å²) >= 11 is 0. The van der Waals surface area contributed by atoms with Gasteiger partial charge in [-0.05, 0) is 104 Å². The van der Waals surface area contributed by atoms with Crippen LogP contribution in [0.3, 0.4) is 0 Å². The molecule has 2 aromatic heterocycles. The van der Waals surface area contributed by atoms with Gasteiger partial charge in [-0.15, -0.1) is 0 Å². The third kappa shape index (κ3) is 7.21. The van der Waals surface area contributed by atoms with E-state index in [1.165, 1.54) is 11.4 Å². The Hall–Kier alpha value is -4.60. The number of aromatic nitrogens is 4. The number of ether oxygens (including phenoxy) is 2. The SMILES string of the molecule is CC(C)(C)OC(=O)N1CCCC1c1nc(-c2ccc(-c3ccc(-c4nc(C5CCCN5C(=O)OC(C)(C)C)[nH]c4C4CC4)cc3)cc2)c(C2CC2)[nH]1. The highest BCUT2D eigenvalue weighted by molar-refractivity contribution is 5.74. The van der Waals surface area contributed by atoms with Crippen molar-refractivity contribution in [3.05, 3.63) is 71.6 Å². The number of carbonyl (C=O) groups excluding carboxylic acids is 2. The molecule has 52 heavy (non-hydrogen) atoms. The molecule has 2 aliphatic heterocycles. The Morgan fingerprint density at radius 3 is 1.25 bits per heavy atom. The Kier molecular flexibility index (Phi) is 8.70. The zero-order valence-corrected chi connectivity index (χ0v) is 31.4. The van der Waals surface area contributed by atoms with Gasteiger partial charge in [0.2, 0.25) is 0 Å². The number of H-pyrrole nitrogens is 2. The summed E-state index contributed by atoms with van der Waals surface area (Å²) in [4.78, 5) is 47.4. The van der Waals surface area contributed by atoms with Crippen molar-refractivity contribution < 1.29 is 19.1 Å². The van der Waals surface area contributed by atoms with Crippen LogP contribution in [0.25, 0.3) is 33.6 Å². The molecule has 2 aromatic carbocycles.